The van der Waals surface area contributed by atoms with Gasteiger partial charge < -0.3 is 9.64 Å². The van der Waals surface area contributed by atoms with Crippen LogP contribution in [0, 0.1) is 0 Å². The molecule has 0 unspecified atom stereocenters. The van der Waals surface area contributed by atoms with Gasteiger partial charge in [0.1, 0.15) is 5.75 Å². The van der Waals surface area contributed by atoms with Crippen LogP contribution < -0.4 is 4.74 Å². The van der Waals surface area contributed by atoms with Crippen LogP contribution in [0.4, 0.5) is 0 Å². The van der Waals surface area contributed by atoms with Gasteiger partial charge in [0.15, 0.2) is 0 Å². The van der Waals surface area contributed by atoms with Crippen molar-refractivity contribution in [1.29, 1.82) is 0 Å². The van der Waals surface area contributed by atoms with Gasteiger partial charge in [-0.25, -0.2) is 0 Å². The molecule has 1 aliphatic heterocycles. The van der Waals surface area contributed by atoms with E-state index in [1.165, 1.54) is 5.56 Å². The minimum Gasteiger partial charge on any atom is -0.497 e. The van der Waals surface area contributed by atoms with E-state index in [4.69, 9.17) is 4.74 Å². The molecule has 92 valence electrons. The van der Waals surface area contributed by atoms with Gasteiger partial charge in [0.2, 0.25) is 5.91 Å². The van der Waals surface area contributed by atoms with Crippen LogP contribution >= 0.6 is 0 Å². The molecule has 1 heterocycles. The third kappa shape index (κ3) is 2.78. The van der Waals surface area contributed by atoms with Crippen molar-refractivity contribution < 1.29 is 9.53 Å². The van der Waals surface area contributed by atoms with Crippen LogP contribution in [0.1, 0.15) is 31.2 Å². The van der Waals surface area contributed by atoms with Crippen LogP contribution in [0.3, 0.4) is 0 Å². The van der Waals surface area contributed by atoms with Gasteiger partial charge in [0.25, 0.3) is 0 Å². The highest BCUT2D eigenvalue weighted by atomic mass is 16.5. The normalized spacial score (nSPS) is 16.9. The highest BCUT2D eigenvalue weighted by Crippen LogP contribution is 2.29. The molecule has 0 spiro atoms. The molecular weight excluding hydrogens is 214 g/mol. The number of amides is 1. The van der Waals surface area contributed by atoms with Crippen molar-refractivity contribution in [1.82, 2.24) is 4.90 Å². The zero-order valence-electron chi connectivity index (χ0n) is 10.5. The molecule has 3 heteroatoms. The molecule has 0 atom stereocenters. The Kier molecular flexibility index (Phi) is 3.67. The molecule has 0 radical (unpaired) electrons. The van der Waals surface area contributed by atoms with E-state index >= 15 is 0 Å². The molecule has 1 aromatic carbocycles. The molecule has 0 aromatic heterocycles. The smallest absolute Gasteiger partial charge is 0.219 e. The molecular formula is C14H19NO2. The summed E-state index contributed by atoms with van der Waals surface area (Å²) >= 11 is 0. The van der Waals surface area contributed by atoms with Crippen molar-refractivity contribution in [2.75, 3.05) is 20.2 Å². The summed E-state index contributed by atoms with van der Waals surface area (Å²) < 4.78 is 5.24. The Morgan fingerprint density at radius 3 is 2.65 bits per heavy atom. The number of carbonyl (C=O) groups excluding carboxylic acids is 1. The fourth-order valence-electron chi connectivity index (χ4n) is 2.42. The van der Waals surface area contributed by atoms with E-state index < -0.39 is 0 Å². The summed E-state index contributed by atoms with van der Waals surface area (Å²) in [5.41, 5.74) is 1.33. The van der Waals surface area contributed by atoms with E-state index in [-0.39, 0.29) is 5.91 Å². The molecule has 0 bridgehead atoms. The van der Waals surface area contributed by atoms with E-state index in [0.717, 1.165) is 31.7 Å². The Morgan fingerprint density at radius 2 is 2.06 bits per heavy atom. The Bertz CT molecular complexity index is 395. The van der Waals surface area contributed by atoms with E-state index in [1.807, 2.05) is 17.0 Å². The fourth-order valence-corrected chi connectivity index (χ4v) is 2.42. The lowest BCUT2D eigenvalue weighted by Gasteiger charge is -2.31. The molecule has 0 N–H and O–H groups in total. The molecule has 1 aliphatic rings. The van der Waals surface area contributed by atoms with Gasteiger partial charge in [-0.15, -0.1) is 0 Å². The fraction of sp³-hybridized carbons (Fsp3) is 0.500. The van der Waals surface area contributed by atoms with Crippen LogP contribution in [-0.4, -0.2) is 31.0 Å². The lowest BCUT2D eigenvalue weighted by atomic mass is 9.89. The van der Waals surface area contributed by atoms with E-state index in [2.05, 4.69) is 12.1 Å². The molecule has 0 aliphatic carbocycles. The predicted octanol–water partition coefficient (Wildman–Crippen LogP) is 2.42. The van der Waals surface area contributed by atoms with Gasteiger partial charge in [0.05, 0.1) is 7.11 Å². The van der Waals surface area contributed by atoms with Crippen LogP contribution in [-0.2, 0) is 4.79 Å². The van der Waals surface area contributed by atoms with E-state index in [1.54, 1.807) is 14.0 Å². The quantitative estimate of drug-likeness (QED) is 0.785. The molecule has 3 nitrogen and oxygen atoms in total. The average molecular weight is 233 g/mol. The number of likely N-dealkylation sites (tertiary alicyclic amines) is 1. The van der Waals surface area contributed by atoms with Crippen LogP contribution in [0.5, 0.6) is 5.75 Å². The Hall–Kier alpha value is -1.51. The summed E-state index contributed by atoms with van der Waals surface area (Å²) in [6.07, 6.45) is 2.10. The van der Waals surface area contributed by atoms with Crippen LogP contribution in [0.15, 0.2) is 24.3 Å². The van der Waals surface area contributed by atoms with Crippen molar-refractivity contribution in [3.05, 3.63) is 29.8 Å². The molecule has 1 saturated heterocycles. The highest BCUT2D eigenvalue weighted by molar-refractivity contribution is 5.73. The SMILES string of the molecule is COc1cccc(C2CCN(C(C)=O)CC2)c1. The Balaban J connectivity index is 2.02. The average Bonchev–Trinajstić information content (AvgIpc) is 2.39. The summed E-state index contributed by atoms with van der Waals surface area (Å²) in [4.78, 5) is 13.2. The second kappa shape index (κ2) is 5.21. The number of carbonyl (C=O) groups is 1. The predicted molar refractivity (Wildman–Crippen MR) is 67.2 cm³/mol. The summed E-state index contributed by atoms with van der Waals surface area (Å²) in [6.45, 7) is 3.39. The van der Waals surface area contributed by atoms with Crippen molar-refractivity contribution in [2.45, 2.75) is 25.7 Å². The first-order valence-electron chi connectivity index (χ1n) is 6.10. The molecule has 0 saturated carbocycles. The molecule has 1 amide bonds. The van der Waals surface area contributed by atoms with E-state index in [0.29, 0.717) is 5.92 Å². The number of benzene rings is 1. The van der Waals surface area contributed by atoms with Crippen LogP contribution in [0.25, 0.3) is 0 Å². The van der Waals surface area contributed by atoms with Gasteiger partial charge in [0, 0.05) is 20.0 Å². The first kappa shape index (κ1) is 12.0. The third-order valence-corrected chi connectivity index (χ3v) is 3.51. The van der Waals surface area contributed by atoms with Crippen molar-refractivity contribution in [3.8, 4) is 5.75 Å². The maximum absolute atomic E-state index is 11.2. The highest BCUT2D eigenvalue weighted by Gasteiger charge is 2.21. The second-order valence-electron chi connectivity index (χ2n) is 4.56. The Labute approximate surface area is 102 Å². The lowest BCUT2D eigenvalue weighted by molar-refractivity contribution is -0.129. The van der Waals surface area contributed by atoms with Gasteiger partial charge in [-0.1, -0.05) is 12.1 Å². The second-order valence-corrected chi connectivity index (χ2v) is 4.56. The molecule has 17 heavy (non-hydrogen) atoms. The summed E-state index contributed by atoms with van der Waals surface area (Å²) in [5.74, 6) is 1.66. The number of piperidine rings is 1. The van der Waals surface area contributed by atoms with Gasteiger partial charge in [-0.2, -0.15) is 0 Å². The summed E-state index contributed by atoms with van der Waals surface area (Å²) in [5, 5.41) is 0. The first-order valence-corrected chi connectivity index (χ1v) is 6.10. The van der Waals surface area contributed by atoms with Crippen molar-refractivity contribution in [3.63, 3.8) is 0 Å². The van der Waals surface area contributed by atoms with Crippen molar-refractivity contribution >= 4 is 5.91 Å². The number of methoxy groups -OCH3 is 1. The maximum Gasteiger partial charge on any atom is 0.219 e. The van der Waals surface area contributed by atoms with Crippen molar-refractivity contribution in [2.24, 2.45) is 0 Å². The number of rotatable bonds is 2. The molecule has 1 fully saturated rings. The number of nitrogens with zero attached hydrogens (tertiary/aromatic N) is 1. The number of hydrogen-bond donors (Lipinski definition) is 0. The summed E-state index contributed by atoms with van der Waals surface area (Å²) in [7, 11) is 1.69. The monoisotopic (exact) mass is 233 g/mol. The third-order valence-electron chi connectivity index (χ3n) is 3.51. The number of ether oxygens (including phenoxy) is 1. The molecule has 1 aromatic rings. The maximum atomic E-state index is 11.2. The zero-order chi connectivity index (χ0) is 12.3. The minimum absolute atomic E-state index is 0.189. The number of hydrogen-bond acceptors (Lipinski definition) is 2. The van der Waals surface area contributed by atoms with Gasteiger partial charge in [-0.05, 0) is 36.5 Å². The summed E-state index contributed by atoms with van der Waals surface area (Å²) in [6, 6.07) is 8.25. The standard InChI is InChI=1S/C14H19NO2/c1-11(16)15-8-6-12(7-9-15)13-4-3-5-14(10-13)17-2/h3-5,10,12H,6-9H2,1-2H3. The lowest BCUT2D eigenvalue weighted by Crippen LogP contribution is -2.36. The van der Waals surface area contributed by atoms with Gasteiger partial charge in [-0.3, -0.25) is 4.79 Å². The first-order chi connectivity index (χ1) is 8.20. The molecule has 2 rings (SSSR count). The zero-order valence-corrected chi connectivity index (χ0v) is 10.5. The minimum atomic E-state index is 0.189. The topological polar surface area (TPSA) is 29.5 Å². The van der Waals surface area contributed by atoms with Gasteiger partial charge >= 0.3 is 0 Å². The Morgan fingerprint density at radius 1 is 1.35 bits per heavy atom. The van der Waals surface area contributed by atoms with E-state index in [9.17, 15) is 4.79 Å². The largest absolute Gasteiger partial charge is 0.497 e. The van der Waals surface area contributed by atoms with Crippen LogP contribution in [0.2, 0.25) is 0 Å².